The van der Waals surface area contributed by atoms with E-state index < -0.39 is 11.9 Å². The Kier molecular flexibility index (Phi) is 4.65. The van der Waals surface area contributed by atoms with Crippen molar-refractivity contribution in [1.82, 2.24) is 0 Å². The topological polar surface area (TPSA) is 88.2 Å². The van der Waals surface area contributed by atoms with Gasteiger partial charge in [-0.1, -0.05) is 13.8 Å². The first kappa shape index (κ1) is 14.0. The van der Waals surface area contributed by atoms with Crippen molar-refractivity contribution in [3.05, 3.63) is 29.6 Å². The third-order valence-electron chi connectivity index (χ3n) is 2.06. The van der Waals surface area contributed by atoms with E-state index in [1.54, 1.807) is 0 Å². The number of carbonyl (C=O) groups is 1. The molecule has 18 heavy (non-hydrogen) atoms. The van der Waals surface area contributed by atoms with Gasteiger partial charge in [0.1, 0.15) is 11.7 Å². The van der Waals surface area contributed by atoms with Crippen molar-refractivity contribution in [1.29, 1.82) is 5.41 Å². The van der Waals surface area contributed by atoms with Gasteiger partial charge in [-0.15, -0.1) is 0 Å². The Bertz CT molecular complexity index is 461. The van der Waals surface area contributed by atoms with Crippen LogP contribution in [0.2, 0.25) is 0 Å². The maximum absolute atomic E-state index is 13.0. The fourth-order valence-electron chi connectivity index (χ4n) is 1.24. The largest absolute Gasteiger partial charge is 0.449 e. The summed E-state index contributed by atoms with van der Waals surface area (Å²) in [6, 6.07) is 3.59. The van der Waals surface area contributed by atoms with Crippen molar-refractivity contribution in [3.8, 4) is 0 Å². The Balaban J connectivity index is 2.78. The van der Waals surface area contributed by atoms with E-state index in [-0.39, 0.29) is 29.6 Å². The van der Waals surface area contributed by atoms with E-state index >= 15 is 0 Å². The molecule has 1 aromatic rings. The number of hydrogen-bond acceptors (Lipinski definition) is 3. The molecule has 0 atom stereocenters. The summed E-state index contributed by atoms with van der Waals surface area (Å²) in [5, 5.41) is 9.73. The highest BCUT2D eigenvalue weighted by atomic mass is 19.1. The second-order valence-electron chi connectivity index (χ2n) is 4.22. The maximum atomic E-state index is 13.0. The van der Waals surface area contributed by atoms with Gasteiger partial charge in [-0.05, 0) is 24.1 Å². The molecule has 4 N–H and O–H groups in total. The number of nitrogens with two attached hydrogens (primary N) is 1. The average Bonchev–Trinajstić information content (AvgIpc) is 2.28. The standard InChI is InChI=1S/C12H16FN3O2/c1-7(2)6-18-12(17)16-10-4-3-8(13)5-9(10)11(14)15/h3-5,7H,6H2,1-2H3,(H3,14,15)(H,16,17). The highest BCUT2D eigenvalue weighted by Crippen LogP contribution is 2.16. The number of amidine groups is 1. The number of nitrogens with one attached hydrogen (secondary N) is 2. The van der Waals surface area contributed by atoms with Crippen LogP contribution in [0, 0.1) is 17.1 Å². The Morgan fingerprint density at radius 1 is 1.56 bits per heavy atom. The summed E-state index contributed by atoms with van der Waals surface area (Å²) in [5.74, 6) is -0.633. The first-order valence-electron chi connectivity index (χ1n) is 5.48. The number of halogens is 1. The fourth-order valence-corrected chi connectivity index (χ4v) is 1.24. The molecule has 98 valence electrons. The molecule has 0 aromatic heterocycles. The lowest BCUT2D eigenvalue weighted by molar-refractivity contribution is 0.147. The van der Waals surface area contributed by atoms with E-state index in [1.165, 1.54) is 12.1 Å². The number of hydrogen-bond donors (Lipinski definition) is 3. The third kappa shape index (κ3) is 4.04. The van der Waals surface area contributed by atoms with E-state index in [9.17, 15) is 9.18 Å². The van der Waals surface area contributed by atoms with E-state index in [1.807, 2.05) is 13.8 Å². The third-order valence-corrected chi connectivity index (χ3v) is 2.06. The molecule has 0 aliphatic rings. The summed E-state index contributed by atoms with van der Waals surface area (Å²) in [7, 11) is 0. The zero-order valence-corrected chi connectivity index (χ0v) is 10.3. The van der Waals surface area contributed by atoms with Crippen LogP contribution in [0.3, 0.4) is 0 Å². The van der Waals surface area contributed by atoms with Gasteiger partial charge in [0.25, 0.3) is 0 Å². The molecule has 1 rings (SSSR count). The van der Waals surface area contributed by atoms with Gasteiger partial charge in [-0.2, -0.15) is 0 Å². The van der Waals surface area contributed by atoms with Crippen LogP contribution in [0.1, 0.15) is 19.4 Å². The lowest BCUT2D eigenvalue weighted by Gasteiger charge is -2.11. The minimum absolute atomic E-state index is 0.122. The lowest BCUT2D eigenvalue weighted by Crippen LogP contribution is -2.20. The van der Waals surface area contributed by atoms with Crippen LogP contribution in [0.15, 0.2) is 18.2 Å². The van der Waals surface area contributed by atoms with E-state index in [0.29, 0.717) is 0 Å². The van der Waals surface area contributed by atoms with Gasteiger partial charge in [0.05, 0.1) is 12.3 Å². The predicted molar refractivity (Wildman–Crippen MR) is 67.2 cm³/mol. The van der Waals surface area contributed by atoms with Gasteiger partial charge in [0, 0.05) is 5.56 Å². The summed E-state index contributed by atoms with van der Waals surface area (Å²) in [6.07, 6.45) is -0.655. The summed E-state index contributed by atoms with van der Waals surface area (Å²) < 4.78 is 17.9. The van der Waals surface area contributed by atoms with Crippen molar-refractivity contribution >= 4 is 17.6 Å². The first-order chi connectivity index (χ1) is 8.40. The molecular weight excluding hydrogens is 237 g/mol. The molecule has 6 heteroatoms. The number of carbonyl (C=O) groups excluding carboxylic acids is 1. The second-order valence-corrected chi connectivity index (χ2v) is 4.22. The predicted octanol–water partition coefficient (Wildman–Crippen LogP) is 2.31. The average molecular weight is 253 g/mol. The quantitative estimate of drug-likeness (QED) is 0.568. The maximum Gasteiger partial charge on any atom is 0.411 e. The van der Waals surface area contributed by atoms with Crippen molar-refractivity contribution in [2.75, 3.05) is 11.9 Å². The van der Waals surface area contributed by atoms with Crippen LogP contribution in [-0.2, 0) is 4.74 Å². The van der Waals surface area contributed by atoms with E-state index in [4.69, 9.17) is 15.9 Å². The van der Waals surface area contributed by atoms with Crippen LogP contribution in [0.4, 0.5) is 14.9 Å². The van der Waals surface area contributed by atoms with Crippen LogP contribution in [0.5, 0.6) is 0 Å². The minimum Gasteiger partial charge on any atom is -0.449 e. The van der Waals surface area contributed by atoms with Crippen molar-refractivity contribution in [2.45, 2.75) is 13.8 Å². The molecule has 0 saturated carbocycles. The van der Waals surface area contributed by atoms with Crippen LogP contribution in [-0.4, -0.2) is 18.5 Å². The smallest absolute Gasteiger partial charge is 0.411 e. The van der Waals surface area contributed by atoms with E-state index in [0.717, 1.165) is 6.07 Å². The zero-order chi connectivity index (χ0) is 13.7. The van der Waals surface area contributed by atoms with Gasteiger partial charge in [-0.3, -0.25) is 10.7 Å². The summed E-state index contributed by atoms with van der Waals surface area (Å²) in [5.41, 5.74) is 5.68. The number of rotatable bonds is 4. The summed E-state index contributed by atoms with van der Waals surface area (Å²) in [4.78, 5) is 11.4. The number of nitrogen functional groups attached to an aromatic ring is 1. The van der Waals surface area contributed by atoms with Crippen LogP contribution < -0.4 is 11.1 Å². The molecule has 0 saturated heterocycles. The van der Waals surface area contributed by atoms with Crippen LogP contribution >= 0.6 is 0 Å². The molecule has 0 bridgehead atoms. The van der Waals surface area contributed by atoms with Crippen LogP contribution in [0.25, 0.3) is 0 Å². The monoisotopic (exact) mass is 253 g/mol. The Labute approximate surface area is 105 Å². The molecule has 0 spiro atoms. The molecule has 0 aliphatic carbocycles. The molecule has 0 fully saturated rings. The molecule has 0 unspecified atom stereocenters. The Morgan fingerprint density at radius 3 is 2.78 bits per heavy atom. The molecule has 0 aliphatic heterocycles. The highest BCUT2D eigenvalue weighted by Gasteiger charge is 2.11. The molecule has 5 nitrogen and oxygen atoms in total. The highest BCUT2D eigenvalue weighted by molar-refractivity contribution is 6.03. The van der Waals surface area contributed by atoms with Gasteiger partial charge < -0.3 is 10.5 Å². The normalized spacial score (nSPS) is 10.2. The van der Waals surface area contributed by atoms with Gasteiger partial charge in [0.2, 0.25) is 0 Å². The van der Waals surface area contributed by atoms with Crippen molar-refractivity contribution < 1.29 is 13.9 Å². The SMILES string of the molecule is CC(C)COC(=O)Nc1ccc(F)cc1C(=N)N. The van der Waals surface area contributed by atoms with Gasteiger partial charge >= 0.3 is 6.09 Å². The molecule has 0 heterocycles. The Hall–Kier alpha value is -2.11. The van der Waals surface area contributed by atoms with Crippen molar-refractivity contribution in [3.63, 3.8) is 0 Å². The fraction of sp³-hybridized carbons (Fsp3) is 0.333. The molecule has 0 radical (unpaired) electrons. The van der Waals surface area contributed by atoms with Crippen molar-refractivity contribution in [2.24, 2.45) is 11.7 Å². The van der Waals surface area contributed by atoms with Gasteiger partial charge in [-0.25, -0.2) is 9.18 Å². The number of anilines is 1. The molecule has 1 aromatic carbocycles. The molecular formula is C12H16FN3O2. The summed E-state index contributed by atoms with van der Waals surface area (Å²) >= 11 is 0. The number of amides is 1. The lowest BCUT2D eigenvalue weighted by atomic mass is 10.1. The number of benzene rings is 1. The Morgan fingerprint density at radius 2 is 2.22 bits per heavy atom. The van der Waals surface area contributed by atoms with E-state index in [2.05, 4.69) is 5.32 Å². The number of ether oxygens (including phenoxy) is 1. The second kappa shape index (κ2) is 6.00. The molecule has 1 amide bonds. The zero-order valence-electron chi connectivity index (χ0n) is 10.3. The minimum atomic E-state index is -0.655. The summed E-state index contributed by atoms with van der Waals surface area (Å²) in [6.45, 7) is 4.10. The first-order valence-corrected chi connectivity index (χ1v) is 5.48. The van der Waals surface area contributed by atoms with Gasteiger partial charge in [0.15, 0.2) is 0 Å².